The third kappa shape index (κ3) is 62.8. The number of ether oxygens (including phenoxy) is 3. The van der Waals surface area contributed by atoms with Gasteiger partial charge in [-0.2, -0.15) is 0 Å². The molecule has 0 spiro atoms. The van der Waals surface area contributed by atoms with Gasteiger partial charge < -0.3 is 14.2 Å². The molecule has 0 heterocycles. The minimum absolute atomic E-state index is 0.0780. The zero-order valence-corrected chi connectivity index (χ0v) is 50.4. The lowest BCUT2D eigenvalue weighted by Crippen LogP contribution is -2.30. The highest BCUT2D eigenvalue weighted by Crippen LogP contribution is 2.16. The topological polar surface area (TPSA) is 78.9 Å². The van der Waals surface area contributed by atoms with Crippen molar-refractivity contribution in [2.45, 2.75) is 309 Å². The first-order chi connectivity index (χ1) is 38.0. The first kappa shape index (κ1) is 73.1. The summed E-state index contributed by atoms with van der Waals surface area (Å²) in [6.45, 7) is 6.50. The Morgan fingerprint density at radius 1 is 0.273 bits per heavy atom. The first-order valence-electron chi connectivity index (χ1n) is 32.4. The molecule has 0 aliphatic carbocycles. The van der Waals surface area contributed by atoms with E-state index in [0.29, 0.717) is 19.3 Å². The summed E-state index contributed by atoms with van der Waals surface area (Å²) < 4.78 is 16.8. The molecule has 1 unspecified atom stereocenters. The summed E-state index contributed by atoms with van der Waals surface area (Å²) >= 11 is 0. The number of carbonyl (C=O) groups excluding carboxylic acids is 3. The average molecular weight is 1070 g/mol. The molecular formula is C71H120O6. The molecule has 0 bridgehead atoms. The van der Waals surface area contributed by atoms with Gasteiger partial charge in [0, 0.05) is 19.3 Å². The molecule has 0 saturated carbocycles. The van der Waals surface area contributed by atoms with Gasteiger partial charge in [0.2, 0.25) is 0 Å². The number of allylic oxidation sites excluding steroid dienone is 18. The van der Waals surface area contributed by atoms with E-state index in [2.05, 4.69) is 130 Å². The Morgan fingerprint density at radius 3 is 0.792 bits per heavy atom. The summed E-state index contributed by atoms with van der Waals surface area (Å²) in [7, 11) is 0. The van der Waals surface area contributed by atoms with Gasteiger partial charge in [0.15, 0.2) is 6.10 Å². The molecule has 0 fully saturated rings. The molecule has 0 aromatic carbocycles. The van der Waals surface area contributed by atoms with Crippen molar-refractivity contribution in [3.05, 3.63) is 109 Å². The maximum Gasteiger partial charge on any atom is 0.306 e. The summed E-state index contributed by atoms with van der Waals surface area (Å²) in [4.78, 5) is 38.0. The molecule has 0 N–H and O–H groups in total. The SMILES string of the molecule is CC/C=C\C/C=C\C/C=C\C/C=C\C/C=C\C/C=C\C/C=C\C/C=C\C/C=C\CCCCCCCCCC(=O)OCC(COC(=O)CCCCCCCCC)OC(=O)CCCCCCCCCCCCCCCCCCC. The third-order valence-corrected chi connectivity index (χ3v) is 13.8. The van der Waals surface area contributed by atoms with Gasteiger partial charge >= 0.3 is 17.9 Å². The van der Waals surface area contributed by atoms with Gasteiger partial charge in [0.25, 0.3) is 0 Å². The highest BCUT2D eigenvalue weighted by Gasteiger charge is 2.19. The van der Waals surface area contributed by atoms with Crippen molar-refractivity contribution >= 4 is 17.9 Å². The van der Waals surface area contributed by atoms with E-state index >= 15 is 0 Å². The Labute approximate surface area is 476 Å². The molecule has 0 saturated heterocycles. The molecule has 6 heteroatoms. The van der Waals surface area contributed by atoms with Crippen LogP contribution in [0, 0.1) is 0 Å². The number of hydrogen-bond acceptors (Lipinski definition) is 6. The Balaban J connectivity index is 4.13. The molecule has 0 rings (SSSR count). The maximum atomic E-state index is 12.8. The standard InChI is InChI=1S/C71H120O6/c1-4-7-10-13-16-18-20-22-24-26-27-28-29-30-31-32-33-34-35-36-37-38-39-40-41-42-43-45-46-48-50-52-55-58-61-64-70(73)76-67-68(66-75-69(72)63-60-57-54-15-12-9-6-3)77-71(74)65-62-59-56-53-51-49-47-44-25-23-21-19-17-14-11-8-5-2/h7,10,16,18,22,24,27-28,30-31,33-34,36-37,39-40,42-43,68H,4-6,8-9,11-15,17,19-21,23,25-26,29,32,35,38,41,44-67H2,1-3H3/b10-7-,18-16-,24-22-,28-27-,31-30-,34-33-,37-36-,40-39-,43-42-. The molecule has 0 aliphatic heterocycles. The van der Waals surface area contributed by atoms with Crippen LogP contribution in [-0.4, -0.2) is 37.2 Å². The molecule has 1 atom stereocenters. The van der Waals surface area contributed by atoms with E-state index < -0.39 is 6.10 Å². The van der Waals surface area contributed by atoms with Crippen LogP contribution in [0.25, 0.3) is 0 Å². The highest BCUT2D eigenvalue weighted by molar-refractivity contribution is 5.71. The average Bonchev–Trinajstić information content (AvgIpc) is 3.43. The Kier molecular flexibility index (Phi) is 61.3. The molecule has 440 valence electrons. The third-order valence-electron chi connectivity index (χ3n) is 13.8. The van der Waals surface area contributed by atoms with E-state index in [4.69, 9.17) is 14.2 Å². The second-order valence-corrected chi connectivity index (χ2v) is 21.3. The minimum atomic E-state index is -0.778. The molecule has 0 amide bonds. The van der Waals surface area contributed by atoms with Crippen LogP contribution in [0.1, 0.15) is 303 Å². The van der Waals surface area contributed by atoms with Gasteiger partial charge in [0.05, 0.1) is 0 Å². The summed E-state index contributed by atoms with van der Waals surface area (Å²) in [6.07, 6.45) is 88.4. The number of esters is 3. The summed E-state index contributed by atoms with van der Waals surface area (Å²) in [5, 5.41) is 0. The van der Waals surface area contributed by atoms with Crippen LogP contribution >= 0.6 is 0 Å². The second kappa shape index (κ2) is 64.6. The number of unbranched alkanes of at least 4 members (excludes halogenated alkanes) is 29. The van der Waals surface area contributed by atoms with Crippen LogP contribution in [0.5, 0.6) is 0 Å². The lowest BCUT2D eigenvalue weighted by atomic mass is 10.0. The summed E-state index contributed by atoms with van der Waals surface area (Å²) in [5.74, 6) is -0.887. The first-order valence-corrected chi connectivity index (χ1v) is 32.4. The molecule has 0 radical (unpaired) electrons. The van der Waals surface area contributed by atoms with Crippen molar-refractivity contribution in [2.75, 3.05) is 13.2 Å². The van der Waals surface area contributed by atoms with Crippen LogP contribution in [0.2, 0.25) is 0 Å². The normalized spacial score (nSPS) is 12.8. The van der Waals surface area contributed by atoms with Gasteiger partial charge in [0.1, 0.15) is 13.2 Å². The van der Waals surface area contributed by atoms with Gasteiger partial charge in [-0.25, -0.2) is 0 Å². The number of hydrogen-bond donors (Lipinski definition) is 0. The quantitative estimate of drug-likeness (QED) is 0.0261. The van der Waals surface area contributed by atoms with Crippen LogP contribution in [0.15, 0.2) is 109 Å². The Morgan fingerprint density at radius 2 is 0.506 bits per heavy atom. The molecule has 77 heavy (non-hydrogen) atoms. The summed E-state index contributed by atoms with van der Waals surface area (Å²) in [6, 6.07) is 0. The van der Waals surface area contributed by atoms with Crippen molar-refractivity contribution in [3.8, 4) is 0 Å². The van der Waals surface area contributed by atoms with Gasteiger partial charge in [-0.15, -0.1) is 0 Å². The highest BCUT2D eigenvalue weighted by atomic mass is 16.6. The van der Waals surface area contributed by atoms with E-state index in [1.54, 1.807) is 0 Å². The molecule has 6 nitrogen and oxygen atoms in total. The predicted molar refractivity (Wildman–Crippen MR) is 334 cm³/mol. The van der Waals surface area contributed by atoms with Crippen LogP contribution in [0.3, 0.4) is 0 Å². The van der Waals surface area contributed by atoms with Crippen LogP contribution < -0.4 is 0 Å². The van der Waals surface area contributed by atoms with Gasteiger partial charge in [-0.3, -0.25) is 14.4 Å². The van der Waals surface area contributed by atoms with E-state index in [0.717, 1.165) is 122 Å². The lowest BCUT2D eigenvalue weighted by molar-refractivity contribution is -0.167. The Bertz CT molecular complexity index is 1560. The number of rotatable bonds is 58. The number of carbonyl (C=O) groups is 3. The van der Waals surface area contributed by atoms with Crippen molar-refractivity contribution in [2.24, 2.45) is 0 Å². The minimum Gasteiger partial charge on any atom is -0.462 e. The van der Waals surface area contributed by atoms with Crippen molar-refractivity contribution in [1.82, 2.24) is 0 Å². The van der Waals surface area contributed by atoms with Crippen LogP contribution in [0.4, 0.5) is 0 Å². The predicted octanol–water partition coefficient (Wildman–Crippen LogP) is 22.2. The monoisotopic (exact) mass is 1070 g/mol. The molecule has 0 aromatic heterocycles. The van der Waals surface area contributed by atoms with E-state index in [9.17, 15) is 14.4 Å². The second-order valence-electron chi connectivity index (χ2n) is 21.3. The summed E-state index contributed by atoms with van der Waals surface area (Å²) in [5.41, 5.74) is 0. The zero-order valence-electron chi connectivity index (χ0n) is 50.4. The van der Waals surface area contributed by atoms with Crippen molar-refractivity contribution in [1.29, 1.82) is 0 Å². The van der Waals surface area contributed by atoms with E-state index in [1.165, 1.54) is 141 Å². The van der Waals surface area contributed by atoms with Gasteiger partial charge in [-0.1, -0.05) is 304 Å². The van der Waals surface area contributed by atoms with Crippen LogP contribution in [-0.2, 0) is 28.6 Å². The fraction of sp³-hybridized carbons (Fsp3) is 0.704. The largest absolute Gasteiger partial charge is 0.462 e. The molecule has 0 aliphatic rings. The van der Waals surface area contributed by atoms with Gasteiger partial charge in [-0.05, 0) is 89.9 Å². The van der Waals surface area contributed by atoms with Crippen molar-refractivity contribution in [3.63, 3.8) is 0 Å². The fourth-order valence-corrected chi connectivity index (χ4v) is 8.97. The van der Waals surface area contributed by atoms with E-state index in [1.807, 2.05) is 0 Å². The zero-order chi connectivity index (χ0) is 55.7. The fourth-order valence-electron chi connectivity index (χ4n) is 8.97. The Hall–Kier alpha value is -3.93. The lowest BCUT2D eigenvalue weighted by Gasteiger charge is -2.18. The maximum absolute atomic E-state index is 12.8. The smallest absolute Gasteiger partial charge is 0.306 e. The molecule has 0 aromatic rings. The van der Waals surface area contributed by atoms with Crippen molar-refractivity contribution < 1.29 is 28.6 Å². The van der Waals surface area contributed by atoms with E-state index in [-0.39, 0.29) is 31.1 Å². The molecular weight excluding hydrogens is 949 g/mol.